The molecule has 188 valence electrons. The first-order chi connectivity index (χ1) is 17.3. The summed E-state index contributed by atoms with van der Waals surface area (Å²) in [5, 5.41) is 0. The average Bonchev–Trinajstić information content (AvgIpc) is 3.37. The van der Waals surface area contributed by atoms with Gasteiger partial charge in [-0.1, -0.05) is 48.5 Å². The van der Waals surface area contributed by atoms with Crippen LogP contribution >= 0.6 is 0 Å². The molecule has 36 heavy (non-hydrogen) atoms. The predicted molar refractivity (Wildman–Crippen MR) is 143 cm³/mol. The van der Waals surface area contributed by atoms with E-state index >= 15 is 0 Å². The number of carbonyl (C=O) groups is 1. The lowest BCUT2D eigenvalue weighted by molar-refractivity contribution is -0.132. The third-order valence-electron chi connectivity index (χ3n) is 7.11. The molecule has 0 spiro atoms. The summed E-state index contributed by atoms with van der Waals surface area (Å²) in [5.74, 6) is -0.0229. The van der Waals surface area contributed by atoms with Crippen molar-refractivity contribution < 1.29 is 13.2 Å². The second-order valence-electron chi connectivity index (χ2n) is 9.52. The van der Waals surface area contributed by atoms with Crippen molar-refractivity contribution in [3.63, 3.8) is 0 Å². The first kappa shape index (κ1) is 24.3. The molecule has 0 N–H and O–H groups in total. The van der Waals surface area contributed by atoms with Crippen molar-refractivity contribution in [2.24, 2.45) is 0 Å². The summed E-state index contributed by atoms with van der Waals surface area (Å²) in [6, 6.07) is 23.9. The molecule has 0 aromatic heterocycles. The number of hydrogen-bond donors (Lipinski definition) is 0. The fraction of sp³-hybridized carbons (Fsp3) is 0.321. The summed E-state index contributed by atoms with van der Waals surface area (Å²) in [5.41, 5.74) is 4.51. The van der Waals surface area contributed by atoms with Crippen LogP contribution in [0.4, 0.5) is 11.4 Å². The van der Waals surface area contributed by atoms with E-state index in [-0.39, 0.29) is 24.0 Å². The van der Waals surface area contributed by atoms with Crippen molar-refractivity contribution in [2.75, 3.05) is 49.2 Å². The van der Waals surface area contributed by atoms with Gasteiger partial charge in [0, 0.05) is 44.1 Å². The molecule has 2 fully saturated rings. The maximum atomic E-state index is 13.8. The highest BCUT2D eigenvalue weighted by Gasteiger charge is 2.43. The number of aryl methyl sites for hydroxylation is 2. The van der Waals surface area contributed by atoms with Gasteiger partial charge in [0.15, 0.2) is 0 Å². The number of carbonyl (C=O) groups excluding carboxylic acids is 1. The van der Waals surface area contributed by atoms with Crippen LogP contribution in [0.25, 0.3) is 0 Å². The summed E-state index contributed by atoms with van der Waals surface area (Å²) < 4.78 is 28.2. The molecule has 2 heterocycles. The van der Waals surface area contributed by atoms with Gasteiger partial charge in [-0.05, 0) is 55.3 Å². The van der Waals surface area contributed by atoms with E-state index in [0.29, 0.717) is 13.1 Å². The van der Waals surface area contributed by atoms with Crippen LogP contribution in [0.5, 0.6) is 0 Å². The molecule has 0 saturated carbocycles. The number of amides is 1. The molecule has 0 unspecified atom stereocenters. The number of benzene rings is 3. The average molecular weight is 505 g/mol. The number of piperazine rings is 1. The van der Waals surface area contributed by atoms with Gasteiger partial charge in [-0.3, -0.25) is 4.79 Å². The van der Waals surface area contributed by atoms with Crippen LogP contribution in [0.2, 0.25) is 0 Å². The Balaban J connectivity index is 1.35. The Bertz CT molecular complexity index is 1320. The topological polar surface area (TPSA) is 64.2 Å². The Labute approximate surface area is 213 Å². The van der Waals surface area contributed by atoms with Crippen molar-refractivity contribution in [2.45, 2.75) is 24.8 Å². The number of sulfonamides is 1. The van der Waals surface area contributed by atoms with Crippen molar-refractivity contribution in [3.05, 3.63) is 90.0 Å². The van der Waals surface area contributed by atoms with Crippen LogP contribution in [-0.2, 0) is 14.8 Å². The zero-order valence-electron chi connectivity index (χ0n) is 20.7. The Morgan fingerprint density at radius 2 is 1.47 bits per heavy atom. The van der Waals surface area contributed by atoms with Crippen LogP contribution in [0.15, 0.2) is 83.8 Å². The maximum Gasteiger partial charge on any atom is 0.246 e. The van der Waals surface area contributed by atoms with E-state index in [4.69, 9.17) is 0 Å². The Morgan fingerprint density at radius 1 is 0.833 bits per heavy atom. The summed E-state index contributed by atoms with van der Waals surface area (Å²) >= 11 is 0. The molecule has 1 amide bonds. The fourth-order valence-corrected chi connectivity index (χ4v) is 6.48. The van der Waals surface area contributed by atoms with Crippen LogP contribution < -0.4 is 9.80 Å². The lowest BCUT2D eigenvalue weighted by Crippen LogP contribution is -2.54. The first-order valence-electron chi connectivity index (χ1n) is 12.3. The molecule has 0 aliphatic carbocycles. The van der Waals surface area contributed by atoms with Gasteiger partial charge in [0.1, 0.15) is 6.04 Å². The molecule has 1 atom stereocenters. The monoisotopic (exact) mass is 504 g/mol. The Morgan fingerprint density at radius 3 is 2.14 bits per heavy atom. The number of rotatable bonds is 5. The first-order valence-corrected chi connectivity index (χ1v) is 13.8. The van der Waals surface area contributed by atoms with E-state index < -0.39 is 16.1 Å². The van der Waals surface area contributed by atoms with Gasteiger partial charge in [0.05, 0.1) is 11.6 Å². The minimum absolute atomic E-state index is 0.0229. The van der Waals surface area contributed by atoms with E-state index in [9.17, 15) is 13.2 Å². The van der Waals surface area contributed by atoms with Gasteiger partial charge in [-0.25, -0.2) is 8.42 Å². The van der Waals surface area contributed by atoms with Gasteiger partial charge in [-0.2, -0.15) is 4.31 Å². The highest BCUT2D eigenvalue weighted by atomic mass is 32.2. The van der Waals surface area contributed by atoms with Crippen molar-refractivity contribution in [3.8, 4) is 0 Å². The largest absolute Gasteiger partial charge is 0.368 e. The van der Waals surface area contributed by atoms with Gasteiger partial charge < -0.3 is 14.7 Å². The molecule has 0 radical (unpaired) electrons. The SMILES string of the molecule is Cc1ccc(C)c(N2CCN(C(=O)[C@H]3CN(S(=O)(=O)c4ccccc4)CN3c3ccccc3)CC2)c1. The van der Waals surface area contributed by atoms with Crippen LogP contribution in [-0.4, -0.2) is 69.0 Å². The van der Waals surface area contributed by atoms with E-state index in [2.05, 4.69) is 36.9 Å². The third kappa shape index (κ3) is 4.70. The number of nitrogens with zero attached hydrogens (tertiary/aromatic N) is 4. The molecule has 2 aliphatic heterocycles. The normalized spacial score (nSPS) is 19.1. The van der Waals surface area contributed by atoms with Gasteiger partial charge in [-0.15, -0.1) is 0 Å². The second kappa shape index (κ2) is 9.95. The van der Waals surface area contributed by atoms with Crippen molar-refractivity contribution >= 4 is 27.3 Å². The molecule has 2 saturated heterocycles. The smallest absolute Gasteiger partial charge is 0.246 e. The number of anilines is 2. The van der Waals surface area contributed by atoms with Gasteiger partial charge >= 0.3 is 0 Å². The lowest BCUT2D eigenvalue weighted by atomic mass is 10.1. The number of hydrogen-bond acceptors (Lipinski definition) is 5. The molecule has 8 heteroatoms. The number of para-hydroxylation sites is 1. The Kier molecular flexibility index (Phi) is 6.73. The van der Waals surface area contributed by atoms with Crippen LogP contribution in [0, 0.1) is 13.8 Å². The molecule has 2 aliphatic rings. The van der Waals surface area contributed by atoms with E-state index in [1.54, 1.807) is 30.3 Å². The highest BCUT2D eigenvalue weighted by Crippen LogP contribution is 2.29. The van der Waals surface area contributed by atoms with E-state index in [1.165, 1.54) is 21.1 Å². The minimum Gasteiger partial charge on any atom is -0.368 e. The zero-order chi connectivity index (χ0) is 25.3. The quantitative estimate of drug-likeness (QED) is 0.532. The summed E-state index contributed by atoms with van der Waals surface area (Å²) in [7, 11) is -3.72. The van der Waals surface area contributed by atoms with Crippen LogP contribution in [0.1, 0.15) is 11.1 Å². The summed E-state index contributed by atoms with van der Waals surface area (Å²) in [4.78, 5) is 20.2. The second-order valence-corrected chi connectivity index (χ2v) is 11.5. The van der Waals surface area contributed by atoms with E-state index in [1.807, 2.05) is 40.1 Å². The van der Waals surface area contributed by atoms with Crippen LogP contribution in [0.3, 0.4) is 0 Å². The molecule has 3 aromatic rings. The van der Waals surface area contributed by atoms with Gasteiger partial charge in [0.25, 0.3) is 0 Å². The molecule has 7 nitrogen and oxygen atoms in total. The minimum atomic E-state index is -3.72. The molecule has 3 aromatic carbocycles. The molecule has 5 rings (SSSR count). The molecular formula is C28H32N4O3S. The summed E-state index contributed by atoms with van der Waals surface area (Å²) in [6.45, 7) is 7.19. The van der Waals surface area contributed by atoms with Gasteiger partial charge in [0.2, 0.25) is 15.9 Å². The standard InChI is InChI=1S/C28H32N4O3S/c1-22-13-14-23(2)26(19-22)29-15-17-30(18-16-29)28(33)27-20-31(21-32(27)24-9-5-3-6-10-24)36(34,35)25-11-7-4-8-12-25/h3-14,19,27H,15-18,20-21H2,1-2H3/t27-/m1/s1. The van der Waals surface area contributed by atoms with Crippen molar-refractivity contribution in [1.82, 2.24) is 9.21 Å². The maximum absolute atomic E-state index is 13.8. The summed E-state index contributed by atoms with van der Waals surface area (Å²) in [6.07, 6.45) is 0. The highest BCUT2D eigenvalue weighted by molar-refractivity contribution is 7.89. The lowest BCUT2D eigenvalue weighted by Gasteiger charge is -2.39. The molecular weight excluding hydrogens is 472 g/mol. The predicted octanol–water partition coefficient (Wildman–Crippen LogP) is 3.49. The van der Waals surface area contributed by atoms with Crippen molar-refractivity contribution in [1.29, 1.82) is 0 Å². The van der Waals surface area contributed by atoms with E-state index in [0.717, 1.165) is 18.8 Å². The molecule has 0 bridgehead atoms. The third-order valence-corrected chi connectivity index (χ3v) is 8.93. The Hall–Kier alpha value is -3.36. The fourth-order valence-electron chi connectivity index (χ4n) is 5.06. The zero-order valence-corrected chi connectivity index (χ0v) is 21.6.